The van der Waals surface area contributed by atoms with Crippen LogP contribution < -0.4 is 9.80 Å². The number of nitrogens with zero attached hydrogens (tertiary/aromatic N) is 7. The van der Waals surface area contributed by atoms with Crippen LogP contribution in [0.25, 0.3) is 0 Å². The zero-order valence-corrected chi connectivity index (χ0v) is 16.3. The summed E-state index contributed by atoms with van der Waals surface area (Å²) < 4.78 is 2.17. The molecule has 2 aromatic rings. The first-order chi connectivity index (χ1) is 13.4. The van der Waals surface area contributed by atoms with Gasteiger partial charge in [0.2, 0.25) is 11.8 Å². The summed E-state index contributed by atoms with van der Waals surface area (Å²) in [4.78, 5) is 12.7. The van der Waals surface area contributed by atoms with Crippen LogP contribution in [0.15, 0.2) is 18.5 Å². The Hall–Kier alpha value is -2.09. The third-order valence-corrected chi connectivity index (χ3v) is 6.06. The molecule has 0 unspecified atom stereocenters. The minimum absolute atomic E-state index is 0.380. The van der Waals surface area contributed by atoms with Gasteiger partial charge in [-0.25, -0.2) is 14.6 Å². The first-order valence-corrected chi connectivity index (χ1v) is 10.5. The summed E-state index contributed by atoms with van der Waals surface area (Å²) in [6.07, 6.45) is 12.3. The molecule has 0 amide bonds. The van der Waals surface area contributed by atoms with E-state index in [-0.39, 0.29) is 0 Å². The first kappa shape index (κ1) is 18.3. The maximum Gasteiger partial charge on any atom is 0.225 e. The van der Waals surface area contributed by atoms with Gasteiger partial charge in [-0.1, -0.05) is 32.6 Å². The van der Waals surface area contributed by atoms with Crippen LogP contribution >= 0.6 is 0 Å². The van der Waals surface area contributed by atoms with Gasteiger partial charge in [-0.2, -0.15) is 0 Å². The zero-order chi connectivity index (χ0) is 18.5. The van der Waals surface area contributed by atoms with Gasteiger partial charge < -0.3 is 9.80 Å². The largest absolute Gasteiger partial charge is 0.330 e. The van der Waals surface area contributed by atoms with Gasteiger partial charge in [0.25, 0.3) is 0 Å². The fraction of sp³-hybridized carbons (Fsp3) is 0.737. The molecule has 1 N–H and O–H groups in total. The minimum atomic E-state index is 0.380. The topological polar surface area (TPSA) is 77.1 Å². The van der Waals surface area contributed by atoms with Crippen molar-refractivity contribution >= 4 is 5.95 Å². The number of quaternary nitrogens is 1. The Morgan fingerprint density at radius 2 is 1.85 bits per heavy atom. The van der Waals surface area contributed by atoms with Crippen LogP contribution in [-0.4, -0.2) is 56.4 Å². The second-order valence-electron chi connectivity index (χ2n) is 7.81. The molecule has 146 valence electrons. The van der Waals surface area contributed by atoms with Gasteiger partial charge in [-0.05, 0) is 29.3 Å². The molecule has 1 saturated heterocycles. The number of piperazine rings is 1. The Kier molecular flexibility index (Phi) is 5.91. The van der Waals surface area contributed by atoms with Gasteiger partial charge in [0.15, 0.2) is 0 Å². The second-order valence-corrected chi connectivity index (χ2v) is 7.81. The van der Waals surface area contributed by atoms with Crippen LogP contribution in [0, 0.1) is 0 Å². The lowest BCUT2D eigenvalue weighted by molar-refractivity contribution is -0.933. The van der Waals surface area contributed by atoms with E-state index in [9.17, 15) is 0 Å². The number of hydrogen-bond donors (Lipinski definition) is 1. The predicted molar refractivity (Wildman–Crippen MR) is 103 cm³/mol. The Morgan fingerprint density at radius 1 is 1.11 bits per heavy atom. The van der Waals surface area contributed by atoms with Gasteiger partial charge in [-0.3, -0.25) is 0 Å². The van der Waals surface area contributed by atoms with E-state index >= 15 is 0 Å². The van der Waals surface area contributed by atoms with Gasteiger partial charge in [0.1, 0.15) is 6.04 Å². The maximum atomic E-state index is 4.51. The van der Waals surface area contributed by atoms with Gasteiger partial charge >= 0.3 is 0 Å². The van der Waals surface area contributed by atoms with Crippen LogP contribution in [0.2, 0.25) is 0 Å². The molecule has 0 spiro atoms. The van der Waals surface area contributed by atoms with Gasteiger partial charge in [0.05, 0.1) is 32.2 Å². The van der Waals surface area contributed by atoms with E-state index in [0.29, 0.717) is 12.1 Å². The van der Waals surface area contributed by atoms with Crippen LogP contribution in [0.4, 0.5) is 5.95 Å². The lowest BCUT2D eigenvalue weighted by atomic mass is 9.95. The molecule has 1 aliphatic heterocycles. The normalized spacial score (nSPS) is 20.7. The van der Waals surface area contributed by atoms with Gasteiger partial charge in [-0.15, -0.1) is 5.10 Å². The highest BCUT2D eigenvalue weighted by Gasteiger charge is 2.34. The molecular formula is C19H31N8+. The van der Waals surface area contributed by atoms with Crippen molar-refractivity contribution < 1.29 is 4.90 Å². The molecule has 2 fully saturated rings. The van der Waals surface area contributed by atoms with E-state index in [1.54, 1.807) is 4.90 Å². The fourth-order valence-corrected chi connectivity index (χ4v) is 4.62. The van der Waals surface area contributed by atoms with Crippen molar-refractivity contribution in [1.82, 2.24) is 30.2 Å². The van der Waals surface area contributed by atoms with Crippen molar-refractivity contribution in [3.8, 4) is 0 Å². The van der Waals surface area contributed by atoms with Crippen molar-refractivity contribution in [3.63, 3.8) is 0 Å². The number of tetrazole rings is 1. The fourth-order valence-electron chi connectivity index (χ4n) is 4.62. The first-order valence-electron chi connectivity index (χ1n) is 10.5. The quantitative estimate of drug-likeness (QED) is 0.823. The molecule has 0 bridgehead atoms. The summed E-state index contributed by atoms with van der Waals surface area (Å²) >= 11 is 0. The highest BCUT2D eigenvalue weighted by molar-refractivity contribution is 5.28. The van der Waals surface area contributed by atoms with E-state index in [1.807, 2.05) is 18.5 Å². The molecule has 0 radical (unpaired) electrons. The third-order valence-electron chi connectivity index (χ3n) is 6.06. The molecule has 4 rings (SSSR count). The summed E-state index contributed by atoms with van der Waals surface area (Å²) in [5, 5.41) is 13.0. The van der Waals surface area contributed by atoms with Gasteiger partial charge in [0, 0.05) is 18.8 Å². The van der Waals surface area contributed by atoms with Crippen LogP contribution in [0.1, 0.15) is 69.8 Å². The number of rotatable bonds is 6. The van der Waals surface area contributed by atoms with Crippen molar-refractivity contribution in [2.24, 2.45) is 0 Å². The predicted octanol–water partition coefficient (Wildman–Crippen LogP) is 1.21. The monoisotopic (exact) mass is 371 g/mol. The highest BCUT2D eigenvalue weighted by atomic mass is 15.6. The molecule has 1 atom stereocenters. The third kappa shape index (κ3) is 4.10. The van der Waals surface area contributed by atoms with E-state index < -0.39 is 0 Å². The molecule has 1 saturated carbocycles. The second kappa shape index (κ2) is 8.73. The summed E-state index contributed by atoms with van der Waals surface area (Å²) in [6.45, 7) is 6.35. The molecule has 0 aromatic carbocycles. The van der Waals surface area contributed by atoms with Crippen molar-refractivity contribution in [2.45, 2.75) is 64.0 Å². The molecule has 1 aliphatic carbocycles. The van der Waals surface area contributed by atoms with E-state index in [2.05, 4.69) is 42.0 Å². The average Bonchev–Trinajstić information content (AvgIpc) is 3.23. The van der Waals surface area contributed by atoms with E-state index in [4.69, 9.17) is 0 Å². The van der Waals surface area contributed by atoms with E-state index in [0.717, 1.165) is 50.8 Å². The number of anilines is 1. The van der Waals surface area contributed by atoms with Crippen LogP contribution in [0.5, 0.6) is 0 Å². The molecule has 8 heteroatoms. The number of nitrogens with one attached hydrogen (secondary N) is 1. The maximum absolute atomic E-state index is 4.51. The lowest BCUT2D eigenvalue weighted by Crippen LogP contribution is -3.15. The minimum Gasteiger partial charge on any atom is -0.330 e. The Balaban J connectivity index is 1.47. The molecule has 2 aromatic heterocycles. The van der Waals surface area contributed by atoms with Crippen molar-refractivity contribution in [2.75, 3.05) is 31.1 Å². The summed E-state index contributed by atoms with van der Waals surface area (Å²) in [5.74, 6) is 1.94. The van der Waals surface area contributed by atoms with Crippen molar-refractivity contribution in [3.05, 3.63) is 24.3 Å². The Morgan fingerprint density at radius 3 is 2.56 bits per heavy atom. The summed E-state index contributed by atoms with van der Waals surface area (Å²) in [6, 6.07) is 2.74. The summed E-state index contributed by atoms with van der Waals surface area (Å²) in [5.41, 5.74) is 0. The average molecular weight is 372 g/mol. The molecule has 27 heavy (non-hydrogen) atoms. The lowest BCUT2D eigenvalue weighted by Gasteiger charge is -2.36. The van der Waals surface area contributed by atoms with Crippen LogP contribution in [-0.2, 0) is 0 Å². The number of aromatic nitrogens is 6. The Labute approximate surface area is 161 Å². The zero-order valence-electron chi connectivity index (χ0n) is 16.3. The SMILES string of the molecule is CCC[C@@H](c1nnnn1C1CCCCC1)[NH+]1CCN(c2ncccn2)CC1. The molecule has 8 nitrogen and oxygen atoms in total. The molecule has 3 heterocycles. The smallest absolute Gasteiger partial charge is 0.225 e. The number of hydrogen-bond acceptors (Lipinski definition) is 6. The molecule has 2 aliphatic rings. The summed E-state index contributed by atoms with van der Waals surface area (Å²) in [7, 11) is 0. The Bertz CT molecular complexity index is 689. The van der Waals surface area contributed by atoms with E-state index in [1.165, 1.54) is 32.1 Å². The van der Waals surface area contributed by atoms with Crippen molar-refractivity contribution in [1.29, 1.82) is 0 Å². The standard InChI is InChI=1S/C19H30N8/c1-2-7-17(18-22-23-24-27(18)16-8-4-3-5-9-16)25-12-14-26(15-13-25)19-20-10-6-11-21-19/h6,10-11,16-17H,2-5,7-9,12-15H2,1H3/p+1/t17-/m0/s1. The van der Waals surface area contributed by atoms with Crippen LogP contribution in [0.3, 0.4) is 0 Å². The highest BCUT2D eigenvalue weighted by Crippen LogP contribution is 2.29. The molecular weight excluding hydrogens is 340 g/mol.